The molecule has 2 N–H and O–H groups in total. The van der Waals surface area contributed by atoms with Crippen molar-refractivity contribution in [3.8, 4) is 5.75 Å². The average Bonchev–Trinajstić information content (AvgIpc) is 2.36. The van der Waals surface area contributed by atoms with E-state index in [2.05, 4.69) is 5.32 Å². The van der Waals surface area contributed by atoms with Gasteiger partial charge in [-0.3, -0.25) is 4.79 Å². The predicted octanol–water partition coefficient (Wildman–Crippen LogP) is 4.09. The van der Waals surface area contributed by atoms with Crippen LogP contribution in [0.1, 0.15) is 10.4 Å². The first kappa shape index (κ1) is 13.6. The lowest BCUT2D eigenvalue weighted by molar-refractivity contribution is 0.102. The second-order valence-corrected chi connectivity index (χ2v) is 4.50. The van der Waals surface area contributed by atoms with Crippen LogP contribution in [0.25, 0.3) is 0 Å². The second-order valence-electron chi connectivity index (χ2n) is 3.72. The van der Waals surface area contributed by atoms with Gasteiger partial charge >= 0.3 is 0 Å². The molecule has 3 nitrogen and oxygen atoms in total. The van der Waals surface area contributed by atoms with Gasteiger partial charge in [0, 0.05) is 6.07 Å². The molecular weight excluding hydrogens is 292 g/mol. The molecule has 0 aliphatic rings. The summed E-state index contributed by atoms with van der Waals surface area (Å²) in [6.45, 7) is 0. The number of anilines is 1. The third kappa shape index (κ3) is 2.97. The number of phenolic OH excluding ortho intramolecular Hbond substituents is 1. The van der Waals surface area contributed by atoms with Crippen LogP contribution in [0.15, 0.2) is 36.4 Å². The Hall–Kier alpha value is -1.78. The molecule has 0 aliphatic carbocycles. The van der Waals surface area contributed by atoms with Gasteiger partial charge < -0.3 is 10.4 Å². The number of carbonyl (C=O) groups excluding carboxylic acids is 1. The summed E-state index contributed by atoms with van der Waals surface area (Å²) < 4.78 is 13.5. The van der Waals surface area contributed by atoms with Crippen molar-refractivity contribution in [2.75, 3.05) is 5.32 Å². The smallest absolute Gasteiger partial charge is 0.257 e. The number of hydrogen-bond acceptors (Lipinski definition) is 2. The molecule has 19 heavy (non-hydrogen) atoms. The van der Waals surface area contributed by atoms with Crippen LogP contribution in [0.2, 0.25) is 10.0 Å². The van der Waals surface area contributed by atoms with Crippen molar-refractivity contribution < 1.29 is 14.3 Å². The van der Waals surface area contributed by atoms with E-state index in [0.29, 0.717) is 0 Å². The monoisotopic (exact) mass is 299 g/mol. The predicted molar refractivity (Wildman–Crippen MR) is 72.5 cm³/mol. The van der Waals surface area contributed by atoms with Gasteiger partial charge in [-0.25, -0.2) is 4.39 Å². The van der Waals surface area contributed by atoms with E-state index in [1.54, 1.807) is 12.1 Å². The number of nitrogens with one attached hydrogen (secondary N) is 1. The SMILES string of the molecule is O=C(Nc1ccc(O)cc1F)c1cccc(Cl)c1Cl. The standard InChI is InChI=1S/C13H8Cl2FNO2/c14-9-3-1-2-8(12(9)15)13(19)17-11-5-4-7(18)6-10(11)16/h1-6,18H,(H,17,19). The average molecular weight is 300 g/mol. The Kier molecular flexibility index (Phi) is 3.93. The molecule has 1 amide bonds. The normalized spacial score (nSPS) is 10.3. The summed E-state index contributed by atoms with van der Waals surface area (Å²) in [6.07, 6.45) is 0. The largest absolute Gasteiger partial charge is 0.508 e. The van der Waals surface area contributed by atoms with Crippen LogP contribution in [0.4, 0.5) is 10.1 Å². The summed E-state index contributed by atoms with van der Waals surface area (Å²) in [5.74, 6) is -1.56. The van der Waals surface area contributed by atoms with Crippen LogP contribution >= 0.6 is 23.2 Å². The summed E-state index contributed by atoms with van der Waals surface area (Å²) in [5, 5.41) is 11.8. The zero-order chi connectivity index (χ0) is 14.0. The van der Waals surface area contributed by atoms with Crippen LogP contribution in [0.5, 0.6) is 5.75 Å². The van der Waals surface area contributed by atoms with E-state index in [1.165, 1.54) is 18.2 Å². The first-order chi connectivity index (χ1) is 8.99. The van der Waals surface area contributed by atoms with Crippen molar-refractivity contribution in [1.29, 1.82) is 0 Å². The van der Waals surface area contributed by atoms with Crippen molar-refractivity contribution in [2.24, 2.45) is 0 Å². The van der Waals surface area contributed by atoms with Crippen LogP contribution in [0.3, 0.4) is 0 Å². The highest BCUT2D eigenvalue weighted by atomic mass is 35.5. The molecule has 2 rings (SSSR count). The Morgan fingerprint density at radius 2 is 1.95 bits per heavy atom. The summed E-state index contributed by atoms with van der Waals surface area (Å²) >= 11 is 11.7. The summed E-state index contributed by atoms with van der Waals surface area (Å²) in [4.78, 5) is 11.9. The molecule has 2 aromatic rings. The maximum absolute atomic E-state index is 13.5. The number of phenols is 1. The van der Waals surface area contributed by atoms with E-state index in [1.807, 2.05) is 0 Å². The molecule has 0 bridgehead atoms. The zero-order valence-corrected chi connectivity index (χ0v) is 11.0. The van der Waals surface area contributed by atoms with Gasteiger partial charge in [-0.1, -0.05) is 29.3 Å². The lowest BCUT2D eigenvalue weighted by Gasteiger charge is -2.08. The van der Waals surface area contributed by atoms with Crippen molar-refractivity contribution in [1.82, 2.24) is 0 Å². The third-order valence-corrected chi connectivity index (χ3v) is 3.22. The fraction of sp³-hybridized carbons (Fsp3) is 0. The van der Waals surface area contributed by atoms with E-state index < -0.39 is 11.7 Å². The van der Waals surface area contributed by atoms with Gasteiger partial charge in [0.05, 0.1) is 21.3 Å². The van der Waals surface area contributed by atoms with Crippen molar-refractivity contribution >= 4 is 34.8 Å². The molecule has 0 unspecified atom stereocenters. The van der Waals surface area contributed by atoms with E-state index in [0.717, 1.165) is 6.07 Å². The molecule has 0 heterocycles. The topological polar surface area (TPSA) is 49.3 Å². The highest BCUT2D eigenvalue weighted by molar-refractivity contribution is 6.44. The van der Waals surface area contributed by atoms with Crippen molar-refractivity contribution in [3.63, 3.8) is 0 Å². The molecule has 0 saturated heterocycles. The van der Waals surface area contributed by atoms with Gasteiger partial charge in [0.1, 0.15) is 11.6 Å². The zero-order valence-electron chi connectivity index (χ0n) is 9.45. The maximum Gasteiger partial charge on any atom is 0.257 e. The lowest BCUT2D eigenvalue weighted by Crippen LogP contribution is -2.13. The number of benzene rings is 2. The number of carbonyl (C=O) groups is 1. The van der Waals surface area contributed by atoms with Gasteiger partial charge in [-0.2, -0.15) is 0 Å². The van der Waals surface area contributed by atoms with Crippen LogP contribution in [0, 0.1) is 5.82 Å². The quantitative estimate of drug-likeness (QED) is 0.821. The fourth-order valence-corrected chi connectivity index (χ4v) is 1.86. The number of hydrogen-bond donors (Lipinski definition) is 2. The third-order valence-electron chi connectivity index (χ3n) is 2.40. The molecule has 0 atom stereocenters. The van der Waals surface area contributed by atoms with E-state index in [4.69, 9.17) is 28.3 Å². The Bertz CT molecular complexity index is 647. The molecular formula is C13H8Cl2FNO2. The molecule has 0 aromatic heterocycles. The van der Waals surface area contributed by atoms with Crippen LogP contribution in [-0.2, 0) is 0 Å². The number of halogens is 3. The molecule has 98 valence electrons. The number of rotatable bonds is 2. The second kappa shape index (κ2) is 5.47. The van der Waals surface area contributed by atoms with Crippen molar-refractivity contribution in [2.45, 2.75) is 0 Å². The Morgan fingerprint density at radius 1 is 1.21 bits per heavy atom. The van der Waals surface area contributed by atoms with Gasteiger partial charge in [0.15, 0.2) is 0 Å². The first-order valence-corrected chi connectivity index (χ1v) is 5.98. The van der Waals surface area contributed by atoms with Crippen LogP contribution in [-0.4, -0.2) is 11.0 Å². The highest BCUT2D eigenvalue weighted by Gasteiger charge is 2.14. The van der Waals surface area contributed by atoms with E-state index in [-0.39, 0.29) is 27.0 Å². The molecule has 6 heteroatoms. The minimum absolute atomic E-state index is 0.0566. The highest BCUT2D eigenvalue weighted by Crippen LogP contribution is 2.27. The molecule has 0 fully saturated rings. The molecule has 0 saturated carbocycles. The Morgan fingerprint density at radius 3 is 2.63 bits per heavy atom. The summed E-state index contributed by atoms with van der Waals surface area (Å²) in [7, 11) is 0. The summed E-state index contributed by atoms with van der Waals surface area (Å²) in [6, 6.07) is 7.99. The molecule has 0 radical (unpaired) electrons. The number of aromatic hydroxyl groups is 1. The molecule has 0 spiro atoms. The van der Waals surface area contributed by atoms with Gasteiger partial charge in [-0.15, -0.1) is 0 Å². The minimum Gasteiger partial charge on any atom is -0.508 e. The van der Waals surface area contributed by atoms with Crippen molar-refractivity contribution in [3.05, 3.63) is 57.8 Å². The van der Waals surface area contributed by atoms with Gasteiger partial charge in [0.2, 0.25) is 0 Å². The van der Waals surface area contributed by atoms with Gasteiger partial charge in [0.25, 0.3) is 5.91 Å². The van der Waals surface area contributed by atoms with Gasteiger partial charge in [-0.05, 0) is 24.3 Å². The summed E-state index contributed by atoms with van der Waals surface area (Å²) in [5.41, 5.74) is 0.0838. The number of amides is 1. The fourth-order valence-electron chi connectivity index (χ4n) is 1.47. The molecule has 2 aromatic carbocycles. The van der Waals surface area contributed by atoms with E-state index >= 15 is 0 Å². The Labute approximate surface area is 118 Å². The minimum atomic E-state index is -0.744. The van der Waals surface area contributed by atoms with E-state index in [9.17, 15) is 9.18 Å². The van der Waals surface area contributed by atoms with Crippen LogP contribution < -0.4 is 5.32 Å². The maximum atomic E-state index is 13.5. The lowest BCUT2D eigenvalue weighted by atomic mass is 10.2. The Balaban J connectivity index is 2.28. The molecule has 0 aliphatic heterocycles. The first-order valence-electron chi connectivity index (χ1n) is 5.23.